The van der Waals surface area contributed by atoms with Crippen molar-refractivity contribution < 1.29 is 28.9 Å². The topological polar surface area (TPSA) is 85.3 Å². The third-order valence-corrected chi connectivity index (χ3v) is 6.58. The SMILES string of the molecule is CC(C)Oc1ccc(C2/C(=C(\O)c3ccc(Cl)c(Cl)c3)C(=O)C(=O)N2c2ccc3c(c2)OCO3)cc1. The number of rotatable bonds is 5. The first-order valence-corrected chi connectivity index (χ1v) is 11.9. The van der Waals surface area contributed by atoms with Gasteiger partial charge in [0.1, 0.15) is 11.5 Å². The Bertz CT molecular complexity index is 1400. The van der Waals surface area contributed by atoms with Crippen molar-refractivity contribution in [3.8, 4) is 17.2 Å². The molecule has 1 fully saturated rings. The molecule has 1 N–H and O–H groups in total. The van der Waals surface area contributed by atoms with Crippen molar-refractivity contribution in [2.45, 2.75) is 26.0 Å². The summed E-state index contributed by atoms with van der Waals surface area (Å²) in [5.41, 5.74) is 1.21. The number of anilines is 1. The number of amides is 1. The lowest BCUT2D eigenvalue weighted by Gasteiger charge is -2.26. The van der Waals surface area contributed by atoms with Gasteiger partial charge < -0.3 is 19.3 Å². The summed E-state index contributed by atoms with van der Waals surface area (Å²) < 4.78 is 16.6. The van der Waals surface area contributed by atoms with Crippen LogP contribution in [0.4, 0.5) is 5.69 Å². The summed E-state index contributed by atoms with van der Waals surface area (Å²) in [6.45, 7) is 3.90. The molecule has 1 atom stereocenters. The van der Waals surface area contributed by atoms with E-state index in [0.717, 1.165) is 0 Å². The summed E-state index contributed by atoms with van der Waals surface area (Å²) in [7, 11) is 0. The second-order valence-corrected chi connectivity index (χ2v) is 9.39. The van der Waals surface area contributed by atoms with Crippen molar-refractivity contribution in [3.63, 3.8) is 0 Å². The second kappa shape index (κ2) is 9.41. The van der Waals surface area contributed by atoms with Crippen molar-refractivity contribution in [1.82, 2.24) is 0 Å². The molecule has 36 heavy (non-hydrogen) atoms. The van der Waals surface area contributed by atoms with Crippen molar-refractivity contribution >= 4 is 46.3 Å². The molecule has 2 aliphatic rings. The summed E-state index contributed by atoms with van der Waals surface area (Å²) in [5, 5.41) is 11.8. The first-order valence-electron chi connectivity index (χ1n) is 11.2. The zero-order valence-electron chi connectivity index (χ0n) is 19.3. The molecule has 1 unspecified atom stereocenters. The number of ether oxygens (including phenoxy) is 3. The smallest absolute Gasteiger partial charge is 0.300 e. The molecule has 0 spiro atoms. The standard InChI is InChI=1S/C27H21Cl2NO6/c1-14(2)36-18-7-3-15(4-8-18)24-23(25(31)16-5-9-19(28)20(29)11-16)26(32)27(33)30(24)17-6-10-21-22(12-17)35-13-34-21/h3-12,14,24,31H,13H2,1-2H3/b25-23+. The highest BCUT2D eigenvalue weighted by molar-refractivity contribution is 6.51. The second-order valence-electron chi connectivity index (χ2n) is 8.57. The molecule has 0 saturated carbocycles. The number of hydrogen-bond donors (Lipinski definition) is 1. The van der Waals surface area contributed by atoms with Crippen LogP contribution >= 0.6 is 23.2 Å². The maximum atomic E-state index is 13.4. The van der Waals surface area contributed by atoms with E-state index in [-0.39, 0.29) is 34.8 Å². The van der Waals surface area contributed by atoms with Gasteiger partial charge in [-0.3, -0.25) is 14.5 Å². The van der Waals surface area contributed by atoms with Crippen LogP contribution in [0.25, 0.3) is 5.76 Å². The number of fused-ring (bicyclic) bond motifs is 1. The Morgan fingerprint density at radius 2 is 1.69 bits per heavy atom. The van der Waals surface area contributed by atoms with E-state index in [9.17, 15) is 14.7 Å². The van der Waals surface area contributed by atoms with Gasteiger partial charge in [-0.2, -0.15) is 0 Å². The van der Waals surface area contributed by atoms with Gasteiger partial charge in [0, 0.05) is 17.3 Å². The lowest BCUT2D eigenvalue weighted by molar-refractivity contribution is -0.132. The highest BCUT2D eigenvalue weighted by Crippen LogP contribution is 2.45. The Kier molecular flexibility index (Phi) is 6.28. The van der Waals surface area contributed by atoms with Crippen molar-refractivity contribution in [2.24, 2.45) is 0 Å². The molecular weight excluding hydrogens is 505 g/mol. The molecule has 3 aromatic rings. The molecule has 7 nitrogen and oxygen atoms in total. The molecule has 184 valence electrons. The fourth-order valence-electron chi connectivity index (χ4n) is 4.25. The Balaban J connectivity index is 1.67. The molecular formula is C27H21Cl2NO6. The predicted molar refractivity (Wildman–Crippen MR) is 136 cm³/mol. The highest BCUT2D eigenvalue weighted by atomic mass is 35.5. The van der Waals surface area contributed by atoms with Crippen LogP contribution in [0.5, 0.6) is 17.2 Å². The average molecular weight is 526 g/mol. The molecule has 9 heteroatoms. The molecule has 5 rings (SSSR count). The van der Waals surface area contributed by atoms with Gasteiger partial charge in [0.15, 0.2) is 11.5 Å². The summed E-state index contributed by atoms with van der Waals surface area (Å²) >= 11 is 12.2. The number of ketones is 1. The number of nitrogens with zero attached hydrogens (tertiary/aromatic N) is 1. The molecule has 0 aromatic heterocycles. The monoisotopic (exact) mass is 525 g/mol. The Morgan fingerprint density at radius 1 is 0.972 bits per heavy atom. The fraction of sp³-hybridized carbons (Fsp3) is 0.185. The normalized spacial score (nSPS) is 18.2. The summed E-state index contributed by atoms with van der Waals surface area (Å²) in [5.74, 6) is -0.344. The highest BCUT2D eigenvalue weighted by Gasteiger charge is 2.47. The zero-order valence-corrected chi connectivity index (χ0v) is 20.8. The van der Waals surface area contributed by atoms with E-state index in [1.807, 2.05) is 13.8 Å². The van der Waals surface area contributed by atoms with Crippen LogP contribution < -0.4 is 19.1 Å². The lowest BCUT2D eigenvalue weighted by atomic mass is 9.95. The lowest BCUT2D eigenvalue weighted by Crippen LogP contribution is -2.29. The molecule has 2 aliphatic heterocycles. The van der Waals surface area contributed by atoms with Crippen LogP contribution in [0.15, 0.2) is 66.2 Å². The largest absolute Gasteiger partial charge is 0.507 e. The van der Waals surface area contributed by atoms with Gasteiger partial charge in [-0.25, -0.2) is 0 Å². The van der Waals surface area contributed by atoms with E-state index >= 15 is 0 Å². The van der Waals surface area contributed by atoms with E-state index < -0.39 is 17.7 Å². The van der Waals surface area contributed by atoms with Crippen molar-refractivity contribution in [1.29, 1.82) is 0 Å². The quantitative estimate of drug-likeness (QED) is 0.245. The number of aliphatic hydroxyl groups excluding tert-OH is 1. The van der Waals surface area contributed by atoms with Crippen LogP contribution in [0.1, 0.15) is 31.0 Å². The van der Waals surface area contributed by atoms with Crippen molar-refractivity contribution in [2.75, 3.05) is 11.7 Å². The molecule has 0 aliphatic carbocycles. The minimum atomic E-state index is -0.923. The molecule has 3 aromatic carbocycles. The third-order valence-electron chi connectivity index (χ3n) is 5.84. The number of aliphatic hydroxyl groups is 1. The van der Waals surface area contributed by atoms with E-state index in [4.69, 9.17) is 37.4 Å². The Labute approximate surface area is 217 Å². The van der Waals surface area contributed by atoms with E-state index in [1.54, 1.807) is 42.5 Å². The van der Waals surface area contributed by atoms with Crippen LogP contribution in [0, 0.1) is 0 Å². The first kappa shape index (κ1) is 24.0. The van der Waals surface area contributed by atoms with Crippen LogP contribution in [-0.4, -0.2) is 29.7 Å². The van der Waals surface area contributed by atoms with Gasteiger partial charge in [-0.05, 0) is 61.9 Å². The molecule has 1 amide bonds. The number of hydrogen-bond acceptors (Lipinski definition) is 6. The molecule has 1 saturated heterocycles. The number of carbonyl (C=O) groups excluding carboxylic acids is 2. The van der Waals surface area contributed by atoms with Gasteiger partial charge in [-0.1, -0.05) is 35.3 Å². The fourth-order valence-corrected chi connectivity index (χ4v) is 4.55. The molecule has 2 heterocycles. The van der Waals surface area contributed by atoms with Gasteiger partial charge in [0.05, 0.1) is 27.8 Å². The number of carbonyl (C=O) groups is 2. The molecule has 0 radical (unpaired) electrons. The maximum absolute atomic E-state index is 13.4. The van der Waals surface area contributed by atoms with Crippen molar-refractivity contribution in [3.05, 3.63) is 87.4 Å². The van der Waals surface area contributed by atoms with E-state index in [0.29, 0.717) is 33.5 Å². The first-order chi connectivity index (χ1) is 17.2. The Morgan fingerprint density at radius 3 is 2.39 bits per heavy atom. The zero-order chi connectivity index (χ0) is 25.6. The average Bonchev–Trinajstić information content (AvgIpc) is 3.42. The minimum Gasteiger partial charge on any atom is -0.507 e. The number of benzene rings is 3. The predicted octanol–water partition coefficient (Wildman–Crippen LogP) is 6.14. The molecule has 0 bridgehead atoms. The van der Waals surface area contributed by atoms with Crippen LogP contribution in [0.3, 0.4) is 0 Å². The van der Waals surface area contributed by atoms with Gasteiger partial charge in [0.25, 0.3) is 11.7 Å². The summed E-state index contributed by atoms with van der Waals surface area (Å²) in [4.78, 5) is 28.0. The number of Topliss-reactive ketones (excluding diaryl/α,β-unsaturated/α-hetero) is 1. The Hall–Kier alpha value is -3.68. The van der Waals surface area contributed by atoms with Crippen LogP contribution in [0.2, 0.25) is 10.0 Å². The third kappa shape index (κ3) is 4.25. The summed E-state index contributed by atoms with van der Waals surface area (Å²) in [6.07, 6.45) is -0.0234. The van der Waals surface area contributed by atoms with Gasteiger partial charge in [-0.15, -0.1) is 0 Å². The number of halogens is 2. The van der Waals surface area contributed by atoms with Gasteiger partial charge in [0.2, 0.25) is 6.79 Å². The summed E-state index contributed by atoms with van der Waals surface area (Å²) in [6, 6.07) is 15.6. The van der Waals surface area contributed by atoms with Gasteiger partial charge >= 0.3 is 0 Å². The van der Waals surface area contributed by atoms with Crippen LogP contribution in [-0.2, 0) is 9.59 Å². The maximum Gasteiger partial charge on any atom is 0.300 e. The van der Waals surface area contributed by atoms with E-state index in [1.165, 1.54) is 23.1 Å². The van der Waals surface area contributed by atoms with E-state index in [2.05, 4.69) is 0 Å². The minimum absolute atomic E-state index is 0.0234.